The van der Waals surface area contributed by atoms with Gasteiger partial charge < -0.3 is 5.11 Å². The summed E-state index contributed by atoms with van der Waals surface area (Å²) in [5.41, 5.74) is 0. The van der Waals surface area contributed by atoms with Crippen LogP contribution in [0.15, 0.2) is 24.3 Å². The van der Waals surface area contributed by atoms with Crippen LogP contribution in [-0.2, 0) is 4.79 Å². The van der Waals surface area contributed by atoms with Crippen LogP contribution in [-0.4, -0.2) is 11.1 Å². The van der Waals surface area contributed by atoms with E-state index in [9.17, 15) is 0 Å². The number of aliphatic carboxylic acids is 1. The SMILES string of the molecule is CC(=O)O.CCC/C=C\CCCC/C=C/CCC. The van der Waals surface area contributed by atoms with Gasteiger partial charge in [-0.1, -0.05) is 51.0 Å². The second-order valence-electron chi connectivity index (χ2n) is 4.32. The molecule has 0 atom stereocenters. The fourth-order valence-electron chi connectivity index (χ4n) is 1.33. The van der Waals surface area contributed by atoms with Crippen molar-refractivity contribution in [3.05, 3.63) is 24.3 Å². The molecule has 18 heavy (non-hydrogen) atoms. The van der Waals surface area contributed by atoms with E-state index >= 15 is 0 Å². The van der Waals surface area contributed by atoms with Gasteiger partial charge in [-0.3, -0.25) is 4.79 Å². The summed E-state index contributed by atoms with van der Waals surface area (Å²) in [7, 11) is 0. The van der Waals surface area contributed by atoms with Gasteiger partial charge in [0.25, 0.3) is 5.97 Å². The number of carboxylic acids is 1. The average Bonchev–Trinajstić information content (AvgIpc) is 2.31. The Balaban J connectivity index is 0. The summed E-state index contributed by atoms with van der Waals surface area (Å²) in [6, 6.07) is 0. The Morgan fingerprint density at radius 1 is 0.833 bits per heavy atom. The molecule has 0 radical (unpaired) electrons. The largest absolute Gasteiger partial charge is 0.481 e. The van der Waals surface area contributed by atoms with Gasteiger partial charge in [-0.15, -0.1) is 0 Å². The topological polar surface area (TPSA) is 37.3 Å². The zero-order valence-electron chi connectivity index (χ0n) is 12.3. The number of carboxylic acid groups (broad SMARTS) is 1. The Hall–Kier alpha value is -1.05. The summed E-state index contributed by atoms with van der Waals surface area (Å²) in [5.74, 6) is -0.833. The molecule has 0 amide bonds. The van der Waals surface area contributed by atoms with Crippen LogP contribution in [0.1, 0.15) is 72.1 Å². The van der Waals surface area contributed by atoms with Gasteiger partial charge in [-0.2, -0.15) is 0 Å². The van der Waals surface area contributed by atoms with Crippen molar-refractivity contribution in [3.63, 3.8) is 0 Å². The lowest BCUT2D eigenvalue weighted by Gasteiger charge is -1.93. The van der Waals surface area contributed by atoms with Crippen molar-refractivity contribution in [1.82, 2.24) is 0 Å². The third-order valence-electron chi connectivity index (χ3n) is 2.24. The number of carbonyl (C=O) groups is 1. The summed E-state index contributed by atoms with van der Waals surface area (Å²) >= 11 is 0. The number of allylic oxidation sites excluding steroid dienone is 4. The van der Waals surface area contributed by atoms with E-state index in [0.29, 0.717) is 0 Å². The highest BCUT2D eigenvalue weighted by molar-refractivity contribution is 5.62. The molecule has 0 bridgehead atoms. The van der Waals surface area contributed by atoms with Crippen LogP contribution >= 0.6 is 0 Å². The minimum Gasteiger partial charge on any atom is -0.481 e. The Morgan fingerprint density at radius 2 is 1.11 bits per heavy atom. The van der Waals surface area contributed by atoms with E-state index in [1.54, 1.807) is 0 Å². The van der Waals surface area contributed by atoms with Gasteiger partial charge in [0.05, 0.1) is 0 Å². The summed E-state index contributed by atoms with van der Waals surface area (Å²) < 4.78 is 0. The minimum atomic E-state index is -0.833. The molecule has 106 valence electrons. The molecule has 1 N–H and O–H groups in total. The van der Waals surface area contributed by atoms with Crippen LogP contribution in [0.2, 0.25) is 0 Å². The van der Waals surface area contributed by atoms with Crippen molar-refractivity contribution in [2.45, 2.75) is 72.1 Å². The van der Waals surface area contributed by atoms with Crippen molar-refractivity contribution < 1.29 is 9.90 Å². The first-order valence-corrected chi connectivity index (χ1v) is 7.14. The lowest BCUT2D eigenvalue weighted by atomic mass is 10.1. The molecule has 0 aliphatic rings. The van der Waals surface area contributed by atoms with Crippen molar-refractivity contribution in [1.29, 1.82) is 0 Å². The molecule has 0 saturated heterocycles. The monoisotopic (exact) mass is 254 g/mol. The fourth-order valence-corrected chi connectivity index (χ4v) is 1.33. The van der Waals surface area contributed by atoms with Crippen LogP contribution in [0.5, 0.6) is 0 Å². The van der Waals surface area contributed by atoms with E-state index in [1.165, 1.54) is 51.4 Å². The zero-order valence-corrected chi connectivity index (χ0v) is 12.3. The van der Waals surface area contributed by atoms with Crippen LogP contribution in [0.25, 0.3) is 0 Å². The number of hydrogen-bond donors (Lipinski definition) is 1. The van der Waals surface area contributed by atoms with Crippen molar-refractivity contribution in [2.75, 3.05) is 0 Å². The Bertz CT molecular complexity index is 195. The van der Waals surface area contributed by atoms with Crippen LogP contribution in [0.3, 0.4) is 0 Å². The van der Waals surface area contributed by atoms with Gasteiger partial charge >= 0.3 is 0 Å². The number of hydrogen-bond acceptors (Lipinski definition) is 1. The maximum atomic E-state index is 9.00. The highest BCUT2D eigenvalue weighted by Crippen LogP contribution is 2.03. The molecule has 0 unspecified atom stereocenters. The average molecular weight is 254 g/mol. The maximum Gasteiger partial charge on any atom is 0.300 e. The molecule has 2 heteroatoms. The van der Waals surface area contributed by atoms with E-state index in [4.69, 9.17) is 9.90 Å². The second kappa shape index (κ2) is 18.3. The van der Waals surface area contributed by atoms with Gasteiger partial charge in [0, 0.05) is 6.92 Å². The van der Waals surface area contributed by atoms with E-state index in [1.807, 2.05) is 0 Å². The molecule has 0 aliphatic heterocycles. The van der Waals surface area contributed by atoms with Crippen LogP contribution in [0.4, 0.5) is 0 Å². The first-order valence-electron chi connectivity index (χ1n) is 7.14. The predicted octanol–water partition coefficient (Wildman–Crippen LogP) is 5.35. The maximum absolute atomic E-state index is 9.00. The van der Waals surface area contributed by atoms with Crippen molar-refractivity contribution >= 4 is 5.97 Å². The van der Waals surface area contributed by atoms with Crippen LogP contribution < -0.4 is 0 Å². The molecule has 0 aromatic heterocycles. The molecule has 0 heterocycles. The molecule has 0 spiro atoms. The lowest BCUT2D eigenvalue weighted by Crippen LogP contribution is -1.78. The third kappa shape index (κ3) is 29.4. The Kier molecular flexibility index (Phi) is 19.6. The predicted molar refractivity (Wildman–Crippen MR) is 79.9 cm³/mol. The standard InChI is InChI=1S/C14H26.C2H4O2/c1-3-5-7-9-11-13-14-12-10-8-6-4-2;1-2(3)4/h7-10H,3-6,11-14H2,1-2H3;1H3,(H,3,4)/b9-7-,10-8+;. The fraction of sp³-hybridized carbons (Fsp3) is 0.688. The van der Waals surface area contributed by atoms with E-state index < -0.39 is 5.97 Å². The highest BCUT2D eigenvalue weighted by atomic mass is 16.4. The molecular weight excluding hydrogens is 224 g/mol. The molecule has 0 aromatic rings. The molecule has 0 fully saturated rings. The Morgan fingerprint density at radius 3 is 1.39 bits per heavy atom. The Labute approximate surface area is 113 Å². The molecule has 0 rings (SSSR count). The molecule has 0 aromatic carbocycles. The zero-order chi connectivity index (χ0) is 14.1. The van der Waals surface area contributed by atoms with Gasteiger partial charge in [-0.25, -0.2) is 0 Å². The second-order valence-corrected chi connectivity index (χ2v) is 4.32. The summed E-state index contributed by atoms with van der Waals surface area (Å²) in [5, 5.41) is 7.42. The summed E-state index contributed by atoms with van der Waals surface area (Å²) in [6.45, 7) is 5.53. The molecule has 2 nitrogen and oxygen atoms in total. The summed E-state index contributed by atoms with van der Waals surface area (Å²) in [4.78, 5) is 9.00. The minimum absolute atomic E-state index is 0.833. The quantitative estimate of drug-likeness (QED) is 0.445. The summed E-state index contributed by atoms with van der Waals surface area (Å²) in [6.07, 6.45) is 19.5. The third-order valence-corrected chi connectivity index (χ3v) is 2.24. The van der Waals surface area contributed by atoms with Gasteiger partial charge in [0.15, 0.2) is 0 Å². The normalized spacial score (nSPS) is 10.6. The number of rotatable bonds is 9. The van der Waals surface area contributed by atoms with Gasteiger partial charge in [-0.05, 0) is 38.5 Å². The lowest BCUT2D eigenvalue weighted by molar-refractivity contribution is -0.134. The van der Waals surface area contributed by atoms with E-state index in [2.05, 4.69) is 38.2 Å². The van der Waals surface area contributed by atoms with Crippen molar-refractivity contribution in [3.8, 4) is 0 Å². The van der Waals surface area contributed by atoms with Crippen LogP contribution in [0, 0.1) is 0 Å². The number of unbranched alkanes of at least 4 members (excludes halogenated alkanes) is 5. The van der Waals surface area contributed by atoms with Gasteiger partial charge in [0.2, 0.25) is 0 Å². The smallest absolute Gasteiger partial charge is 0.300 e. The molecular formula is C16H30O2. The van der Waals surface area contributed by atoms with Crippen molar-refractivity contribution in [2.24, 2.45) is 0 Å². The van der Waals surface area contributed by atoms with Gasteiger partial charge in [0.1, 0.15) is 0 Å². The first kappa shape index (κ1) is 19.3. The molecule has 0 saturated carbocycles. The first-order chi connectivity index (χ1) is 8.65. The van der Waals surface area contributed by atoms with E-state index in [-0.39, 0.29) is 0 Å². The molecule has 0 aliphatic carbocycles. The highest BCUT2D eigenvalue weighted by Gasteiger charge is 1.83. The van der Waals surface area contributed by atoms with E-state index in [0.717, 1.165) is 6.92 Å².